The van der Waals surface area contributed by atoms with Crippen molar-refractivity contribution in [2.75, 3.05) is 31.6 Å². The summed E-state index contributed by atoms with van der Waals surface area (Å²) in [6, 6.07) is 13.2. The van der Waals surface area contributed by atoms with E-state index in [9.17, 15) is 9.90 Å². The van der Waals surface area contributed by atoms with Crippen molar-refractivity contribution in [1.82, 2.24) is 9.88 Å². The predicted octanol–water partition coefficient (Wildman–Crippen LogP) is 2.32. The zero-order valence-corrected chi connectivity index (χ0v) is 15.5. The summed E-state index contributed by atoms with van der Waals surface area (Å²) in [5, 5.41) is 9.23. The van der Waals surface area contributed by atoms with Gasteiger partial charge in [0.1, 0.15) is 11.4 Å². The quantitative estimate of drug-likeness (QED) is 0.912. The molecule has 26 heavy (non-hydrogen) atoms. The molecule has 6 nitrogen and oxygen atoms in total. The summed E-state index contributed by atoms with van der Waals surface area (Å²) in [5.41, 5.74) is 1.79. The van der Waals surface area contributed by atoms with Crippen LogP contribution in [0.3, 0.4) is 0 Å². The van der Waals surface area contributed by atoms with Crippen LogP contribution in [0.4, 0.5) is 5.69 Å². The van der Waals surface area contributed by atoms with Crippen LogP contribution in [-0.2, 0) is 6.61 Å². The Morgan fingerprint density at radius 3 is 2.54 bits per heavy atom. The Balaban J connectivity index is 1.75. The first-order chi connectivity index (χ1) is 12.4. The number of aliphatic hydroxyl groups is 1. The first kappa shape index (κ1) is 18.2. The van der Waals surface area contributed by atoms with E-state index in [4.69, 9.17) is 4.74 Å². The molecule has 1 aliphatic heterocycles. The van der Waals surface area contributed by atoms with Crippen LogP contribution in [0.1, 0.15) is 30.0 Å². The molecule has 0 atom stereocenters. The molecule has 6 heteroatoms. The molecule has 2 heterocycles. The Hall–Kier alpha value is -2.60. The van der Waals surface area contributed by atoms with Crippen LogP contribution in [0.15, 0.2) is 42.5 Å². The van der Waals surface area contributed by atoms with E-state index in [0.717, 1.165) is 18.0 Å². The number of hydrogen-bond acceptors (Lipinski definition) is 5. The molecule has 1 amide bonds. The third-order valence-electron chi connectivity index (χ3n) is 4.76. The van der Waals surface area contributed by atoms with Crippen molar-refractivity contribution >= 4 is 11.6 Å². The van der Waals surface area contributed by atoms with Crippen molar-refractivity contribution in [3.63, 3.8) is 0 Å². The molecule has 0 saturated carbocycles. The van der Waals surface area contributed by atoms with Crippen LogP contribution in [0.2, 0.25) is 0 Å². The van der Waals surface area contributed by atoms with Crippen molar-refractivity contribution in [3.05, 3.63) is 53.9 Å². The first-order valence-electron chi connectivity index (χ1n) is 8.72. The van der Waals surface area contributed by atoms with Crippen LogP contribution in [-0.4, -0.2) is 53.2 Å². The lowest BCUT2D eigenvalue weighted by Gasteiger charge is -2.48. The highest BCUT2D eigenvalue weighted by Crippen LogP contribution is 2.29. The van der Waals surface area contributed by atoms with Gasteiger partial charge in [-0.25, -0.2) is 4.98 Å². The van der Waals surface area contributed by atoms with E-state index in [-0.39, 0.29) is 18.1 Å². The second-order valence-electron chi connectivity index (χ2n) is 7.06. The second-order valence-corrected chi connectivity index (χ2v) is 7.06. The van der Waals surface area contributed by atoms with E-state index >= 15 is 0 Å². The third-order valence-corrected chi connectivity index (χ3v) is 4.76. The number of methoxy groups -OCH3 is 1. The highest BCUT2D eigenvalue weighted by atomic mass is 16.5. The van der Waals surface area contributed by atoms with Crippen LogP contribution in [0, 0.1) is 0 Å². The van der Waals surface area contributed by atoms with Gasteiger partial charge in [-0.3, -0.25) is 4.79 Å². The number of piperazine rings is 1. The lowest BCUT2D eigenvalue weighted by molar-refractivity contribution is 0.0679. The van der Waals surface area contributed by atoms with Crippen molar-refractivity contribution in [1.29, 1.82) is 0 Å². The number of carbonyl (C=O) groups excluding carboxylic acids is 1. The van der Waals surface area contributed by atoms with Gasteiger partial charge in [-0.05, 0) is 50.2 Å². The summed E-state index contributed by atoms with van der Waals surface area (Å²) in [6.07, 6.45) is 0. The topological polar surface area (TPSA) is 65.9 Å². The van der Waals surface area contributed by atoms with E-state index in [2.05, 4.69) is 23.7 Å². The van der Waals surface area contributed by atoms with Crippen molar-refractivity contribution in [2.24, 2.45) is 0 Å². The lowest BCUT2D eigenvalue weighted by Crippen LogP contribution is -2.60. The maximum absolute atomic E-state index is 12.8. The summed E-state index contributed by atoms with van der Waals surface area (Å²) < 4.78 is 5.23. The van der Waals surface area contributed by atoms with Gasteiger partial charge < -0.3 is 19.6 Å². The Morgan fingerprint density at radius 1 is 1.19 bits per heavy atom. The standard InChI is InChI=1S/C20H25N3O3/c1-20(2)14-22(19(25)18-6-4-5-15(13-24)21-18)11-12-23(20)16-7-9-17(26-3)10-8-16/h4-10,24H,11-14H2,1-3H3. The van der Waals surface area contributed by atoms with E-state index < -0.39 is 0 Å². The van der Waals surface area contributed by atoms with E-state index in [0.29, 0.717) is 24.5 Å². The molecule has 0 unspecified atom stereocenters. The number of aromatic nitrogens is 1. The molecule has 3 rings (SSSR count). The molecule has 1 N–H and O–H groups in total. The van der Waals surface area contributed by atoms with Gasteiger partial charge in [-0.2, -0.15) is 0 Å². The van der Waals surface area contributed by atoms with E-state index in [1.165, 1.54) is 0 Å². The Labute approximate surface area is 154 Å². The molecule has 1 aromatic carbocycles. The number of hydrogen-bond donors (Lipinski definition) is 1. The number of amides is 1. The average Bonchev–Trinajstić information content (AvgIpc) is 2.67. The number of anilines is 1. The number of nitrogens with zero attached hydrogens (tertiary/aromatic N) is 3. The molecular weight excluding hydrogens is 330 g/mol. The van der Waals surface area contributed by atoms with Gasteiger partial charge in [0, 0.05) is 25.3 Å². The zero-order valence-electron chi connectivity index (χ0n) is 15.5. The summed E-state index contributed by atoms with van der Waals surface area (Å²) in [7, 11) is 1.66. The SMILES string of the molecule is COc1ccc(N2CCN(C(=O)c3cccc(CO)n3)CC2(C)C)cc1. The summed E-state index contributed by atoms with van der Waals surface area (Å²) in [6.45, 7) is 6.06. The molecule has 1 saturated heterocycles. The van der Waals surface area contributed by atoms with Crippen LogP contribution in [0.5, 0.6) is 5.75 Å². The smallest absolute Gasteiger partial charge is 0.272 e. The van der Waals surface area contributed by atoms with Gasteiger partial charge in [-0.1, -0.05) is 6.07 Å². The van der Waals surface area contributed by atoms with Crippen molar-refractivity contribution < 1.29 is 14.6 Å². The fourth-order valence-corrected chi connectivity index (χ4v) is 3.42. The molecule has 0 spiro atoms. The predicted molar refractivity (Wildman–Crippen MR) is 100 cm³/mol. The fourth-order valence-electron chi connectivity index (χ4n) is 3.42. The monoisotopic (exact) mass is 355 g/mol. The average molecular weight is 355 g/mol. The van der Waals surface area contributed by atoms with Crippen molar-refractivity contribution in [3.8, 4) is 5.75 Å². The summed E-state index contributed by atoms with van der Waals surface area (Å²) in [5.74, 6) is 0.734. The fraction of sp³-hybridized carbons (Fsp3) is 0.400. The molecule has 1 aliphatic rings. The second kappa shape index (κ2) is 7.33. The largest absolute Gasteiger partial charge is 0.497 e. The number of pyridine rings is 1. The zero-order chi connectivity index (χ0) is 18.7. The lowest BCUT2D eigenvalue weighted by atomic mass is 9.97. The number of rotatable bonds is 4. The van der Waals surface area contributed by atoms with Gasteiger partial charge in [0.05, 0.1) is 24.9 Å². The number of carbonyl (C=O) groups is 1. The first-order valence-corrected chi connectivity index (χ1v) is 8.72. The minimum Gasteiger partial charge on any atom is -0.497 e. The number of benzene rings is 1. The summed E-state index contributed by atoms with van der Waals surface area (Å²) in [4.78, 5) is 21.2. The minimum absolute atomic E-state index is 0.0947. The van der Waals surface area contributed by atoms with E-state index in [1.54, 1.807) is 25.3 Å². The molecule has 138 valence electrons. The number of ether oxygens (including phenoxy) is 1. The molecule has 0 radical (unpaired) electrons. The van der Waals surface area contributed by atoms with E-state index in [1.807, 2.05) is 29.2 Å². The highest BCUT2D eigenvalue weighted by molar-refractivity contribution is 5.92. The molecule has 0 aliphatic carbocycles. The summed E-state index contributed by atoms with van der Waals surface area (Å²) >= 11 is 0. The molecule has 2 aromatic rings. The van der Waals surface area contributed by atoms with Crippen LogP contribution < -0.4 is 9.64 Å². The Bertz CT molecular complexity index is 774. The van der Waals surface area contributed by atoms with Gasteiger partial charge in [-0.15, -0.1) is 0 Å². The van der Waals surface area contributed by atoms with Gasteiger partial charge in [0.25, 0.3) is 5.91 Å². The van der Waals surface area contributed by atoms with Gasteiger partial charge in [0.2, 0.25) is 0 Å². The van der Waals surface area contributed by atoms with Gasteiger partial charge in [0.15, 0.2) is 0 Å². The molecule has 1 aromatic heterocycles. The Morgan fingerprint density at radius 2 is 1.92 bits per heavy atom. The number of aliphatic hydroxyl groups excluding tert-OH is 1. The maximum atomic E-state index is 12.8. The maximum Gasteiger partial charge on any atom is 0.272 e. The molecule has 0 bridgehead atoms. The van der Waals surface area contributed by atoms with Crippen LogP contribution in [0.25, 0.3) is 0 Å². The Kier molecular flexibility index (Phi) is 5.13. The molecule has 1 fully saturated rings. The highest BCUT2D eigenvalue weighted by Gasteiger charge is 2.36. The van der Waals surface area contributed by atoms with Crippen LogP contribution >= 0.6 is 0 Å². The minimum atomic E-state index is -0.211. The van der Waals surface area contributed by atoms with Gasteiger partial charge >= 0.3 is 0 Å². The third kappa shape index (κ3) is 3.65. The van der Waals surface area contributed by atoms with Crippen molar-refractivity contribution in [2.45, 2.75) is 26.0 Å². The normalized spacial score (nSPS) is 16.5. The molecular formula is C20H25N3O3.